The van der Waals surface area contributed by atoms with Crippen LogP contribution in [0.2, 0.25) is 0 Å². The van der Waals surface area contributed by atoms with Crippen molar-refractivity contribution in [3.8, 4) is 55.9 Å². The van der Waals surface area contributed by atoms with Crippen LogP contribution in [0.15, 0.2) is 243 Å². The topological polar surface area (TPSA) is 23.4 Å². The lowest BCUT2D eigenvalue weighted by atomic mass is 9.87. The summed E-state index contributed by atoms with van der Waals surface area (Å²) >= 11 is 0. The first-order valence-electron chi connectivity index (χ1n) is 26.9. The normalized spacial score (nSPS) is 10.6. The van der Waals surface area contributed by atoms with E-state index in [-0.39, 0.29) is 0 Å². The molecule has 0 saturated carbocycles. The van der Waals surface area contributed by atoms with Crippen LogP contribution in [-0.2, 0) is 14.1 Å². The van der Waals surface area contributed by atoms with Gasteiger partial charge in [-0.2, -0.15) is 0 Å². The third kappa shape index (κ3) is 12.8. The largest absolute Gasteiger partial charge is 0.310 e. The Morgan fingerprint density at radius 1 is 0.385 bits per heavy atom. The number of hydrogen-bond donors (Lipinski definition) is 0. The molecule has 0 bridgehead atoms. The Morgan fingerprint density at radius 2 is 0.846 bits per heavy atom. The summed E-state index contributed by atoms with van der Waals surface area (Å²) in [6.07, 6.45) is 4.24. The third-order valence-electron chi connectivity index (χ3n) is 14.5. The minimum Gasteiger partial charge on any atom is -0.310 e. The minimum atomic E-state index is 0.829. The zero-order valence-electron chi connectivity index (χ0n) is 47.6. The molecule has 0 saturated heterocycles. The average Bonchev–Trinajstić information content (AvgIpc) is 3.48. The lowest BCUT2D eigenvalue weighted by Crippen LogP contribution is -2.30. The van der Waals surface area contributed by atoms with Crippen molar-refractivity contribution >= 4 is 34.0 Å². The lowest BCUT2D eigenvalue weighted by molar-refractivity contribution is -0.660. The Kier molecular flexibility index (Phi) is 17.9. The van der Waals surface area contributed by atoms with E-state index in [0.717, 1.165) is 39.6 Å². The molecule has 0 aliphatic rings. The van der Waals surface area contributed by atoms with Gasteiger partial charge in [0.25, 0.3) is 0 Å². The maximum atomic E-state index is 4.27. The third-order valence-corrected chi connectivity index (χ3v) is 14.5. The molecule has 8 aromatic carbocycles. The Morgan fingerprint density at radius 3 is 1.37 bits per heavy atom. The number of nitrogens with zero attached hydrogens (tertiary/aromatic N) is 4. The number of rotatable bonds is 11. The number of aromatic nitrogens is 2. The number of pyridine rings is 2. The van der Waals surface area contributed by atoms with Crippen LogP contribution < -0.4 is 14.0 Å². The first kappa shape index (κ1) is 55.2. The van der Waals surface area contributed by atoms with Gasteiger partial charge in [0, 0.05) is 47.0 Å². The fourth-order valence-electron chi connectivity index (χ4n) is 10.2. The molecule has 0 aliphatic carbocycles. The Labute approximate surface area is 465 Å². The van der Waals surface area contributed by atoms with Gasteiger partial charge in [0.15, 0.2) is 12.4 Å². The molecule has 2 aromatic heterocycles. The summed E-state index contributed by atoms with van der Waals surface area (Å²) in [6, 6.07) is 75.8. The van der Waals surface area contributed by atoms with Crippen LogP contribution in [0.4, 0.5) is 17.1 Å². The molecular weight excluding hydrogens is 945 g/mol. The average molecular weight is 1020 g/mol. The van der Waals surface area contributed by atoms with E-state index in [1.807, 2.05) is 69.3 Å². The van der Waals surface area contributed by atoms with E-state index in [1.165, 1.54) is 94.8 Å². The van der Waals surface area contributed by atoms with Gasteiger partial charge in [-0.1, -0.05) is 146 Å². The summed E-state index contributed by atoms with van der Waals surface area (Å²) in [7, 11) is 4.24. The summed E-state index contributed by atoms with van der Waals surface area (Å²) in [6.45, 7) is 27.1. The summed E-state index contributed by atoms with van der Waals surface area (Å²) in [5.74, 6) is 0. The van der Waals surface area contributed by atoms with Crippen LogP contribution in [0.5, 0.6) is 0 Å². The van der Waals surface area contributed by atoms with Gasteiger partial charge < -0.3 is 4.90 Å². The molecule has 388 valence electrons. The molecule has 0 spiro atoms. The predicted molar refractivity (Wildman–Crippen MR) is 334 cm³/mol. The quantitative estimate of drug-likeness (QED) is 0.0935. The predicted octanol–water partition coefficient (Wildman–Crippen LogP) is 18.8. The lowest BCUT2D eigenvalue weighted by Gasteiger charge is -2.30. The van der Waals surface area contributed by atoms with Gasteiger partial charge in [0.05, 0.1) is 16.8 Å². The number of benzene rings is 8. The van der Waals surface area contributed by atoms with Crippen molar-refractivity contribution in [2.24, 2.45) is 19.1 Å². The molecular formula is C74H74N4+2. The molecule has 0 unspecified atom stereocenters. The van der Waals surface area contributed by atoms with Crippen molar-refractivity contribution in [3.63, 3.8) is 0 Å². The van der Waals surface area contributed by atoms with Crippen molar-refractivity contribution < 1.29 is 9.13 Å². The van der Waals surface area contributed by atoms with Crippen molar-refractivity contribution in [1.29, 1.82) is 0 Å². The van der Waals surface area contributed by atoms with Gasteiger partial charge in [-0.25, -0.2) is 9.13 Å². The number of aryl methyl sites for hydroxylation is 6. The van der Waals surface area contributed by atoms with Gasteiger partial charge in [-0.05, 0) is 201 Å². The maximum absolute atomic E-state index is 4.27. The molecule has 4 heteroatoms. The Balaban J connectivity index is 0.000000317. The highest BCUT2D eigenvalue weighted by Crippen LogP contribution is 2.44. The van der Waals surface area contributed by atoms with E-state index in [1.54, 1.807) is 0 Å². The smallest absolute Gasteiger partial charge is 0.212 e. The van der Waals surface area contributed by atoms with Crippen LogP contribution in [0.3, 0.4) is 0 Å². The van der Waals surface area contributed by atoms with Crippen molar-refractivity contribution in [3.05, 3.63) is 282 Å². The molecule has 0 aliphatic heterocycles. The first-order chi connectivity index (χ1) is 37.6. The van der Waals surface area contributed by atoms with Crippen LogP contribution in [0, 0.1) is 41.5 Å². The van der Waals surface area contributed by atoms with Crippen molar-refractivity contribution in [2.45, 2.75) is 62.3 Å². The number of anilines is 3. The molecule has 0 radical (unpaired) electrons. The van der Waals surface area contributed by atoms with E-state index in [9.17, 15) is 0 Å². The molecule has 0 atom stereocenters. The summed E-state index contributed by atoms with van der Waals surface area (Å²) in [4.78, 5) is 6.73. The molecule has 0 N–H and O–H groups in total. The van der Waals surface area contributed by atoms with Crippen molar-refractivity contribution in [1.82, 2.24) is 0 Å². The fourth-order valence-corrected chi connectivity index (χ4v) is 10.2. The summed E-state index contributed by atoms with van der Waals surface area (Å²) in [5.41, 5.74) is 28.5. The van der Waals surface area contributed by atoms with Crippen LogP contribution in [-0.4, -0.2) is 5.71 Å². The zero-order chi connectivity index (χ0) is 55.5. The molecule has 78 heavy (non-hydrogen) atoms. The second kappa shape index (κ2) is 25.2. The number of allylic oxidation sites excluding steroid dienone is 1. The number of aliphatic imine (C=N–C) groups is 1. The van der Waals surface area contributed by atoms with Crippen molar-refractivity contribution in [2.75, 3.05) is 4.90 Å². The van der Waals surface area contributed by atoms with Crippen LogP contribution >= 0.6 is 0 Å². The zero-order valence-corrected chi connectivity index (χ0v) is 47.6. The highest BCUT2D eigenvalue weighted by Gasteiger charge is 2.24. The number of hydrogen-bond acceptors (Lipinski definition) is 2. The monoisotopic (exact) mass is 1020 g/mol. The van der Waals surface area contributed by atoms with Gasteiger partial charge in [-0.3, -0.25) is 4.99 Å². The molecule has 4 nitrogen and oxygen atoms in total. The first-order valence-corrected chi connectivity index (χ1v) is 26.9. The minimum absolute atomic E-state index is 0.829. The molecule has 2 heterocycles. The second-order valence-electron chi connectivity index (χ2n) is 20.5. The van der Waals surface area contributed by atoms with E-state index in [0.29, 0.717) is 0 Å². The van der Waals surface area contributed by atoms with Gasteiger partial charge in [-0.15, -0.1) is 0 Å². The van der Waals surface area contributed by atoms with E-state index < -0.39 is 0 Å². The maximum Gasteiger partial charge on any atom is 0.212 e. The van der Waals surface area contributed by atoms with E-state index in [2.05, 4.69) is 264 Å². The fraction of sp³-hybridized carbons (Fsp3) is 0.149. The second-order valence-corrected chi connectivity index (χ2v) is 20.5. The van der Waals surface area contributed by atoms with Crippen LogP contribution in [0.25, 0.3) is 67.2 Å². The van der Waals surface area contributed by atoms with Crippen LogP contribution in [0.1, 0.15) is 65.3 Å². The summed E-state index contributed by atoms with van der Waals surface area (Å²) < 4.78 is 4.40. The Hall–Kier alpha value is -8.99. The van der Waals surface area contributed by atoms with E-state index >= 15 is 0 Å². The van der Waals surface area contributed by atoms with Gasteiger partial charge in [0.2, 0.25) is 11.4 Å². The summed E-state index contributed by atoms with van der Waals surface area (Å²) in [5, 5.41) is 0. The molecule has 10 rings (SSSR count). The molecule has 0 fully saturated rings. The highest BCUT2D eigenvalue weighted by atomic mass is 15.1. The standard InChI is InChI=1S/C54H51N3.C11H13N.C9H10/c1-36-18-9-10-21-45(36)49-35-50(39(4)32-38(49)3)48-34-43(29-28-37(48)2)42-19-15-20-44(33-42)57(51-26-16-22-46(40(51)5)53-24-11-13-30-55(53)7)52-27-17-23-47(41(52)6)54-25-12-14-31-56(54)8;1-9(2)12-10(3)11-7-5-4-6-8-11;1-8(2)9-6-4-3-5-7-9/h9-35H,1-8H3;4-8H,3H2,1-2H3;3-7H,1H2,2H3/q+2;;. The molecule has 0 amide bonds. The highest BCUT2D eigenvalue weighted by molar-refractivity contribution is 5.89. The molecule has 10 aromatic rings. The van der Waals surface area contributed by atoms with Gasteiger partial charge >= 0.3 is 0 Å². The van der Waals surface area contributed by atoms with Gasteiger partial charge in [0.1, 0.15) is 14.1 Å². The van der Waals surface area contributed by atoms with E-state index in [4.69, 9.17) is 0 Å². The SMILES string of the molecule is C=C(C)c1ccccc1.C=C(N=C(C)C)c1ccccc1.Cc1ccccc1-c1cc(-c2cc(-c3cccc(N(c4cccc(-c5cccc[n+]5C)c4C)c4cccc(-c5cccc[n+]5C)c4C)c3)ccc2C)c(C)cc1C. The Bertz CT molecular complexity index is 3690.